The number of benzene rings is 2. The molecule has 3 aromatic rings. The maximum Gasteiger partial charge on any atom is 0.320 e. The second kappa shape index (κ2) is 15.1. The Labute approximate surface area is 353 Å². The molecule has 17 heteroatoms. The van der Waals surface area contributed by atoms with Gasteiger partial charge in [-0.25, -0.2) is 14.8 Å². The molecule has 2 aromatic carbocycles. The average molecular weight is 830 g/mol. The van der Waals surface area contributed by atoms with Crippen LogP contribution >= 0.6 is 0 Å². The Balaban J connectivity index is 0.743. The number of carbonyl (C=O) groups is 6. The number of imide groups is 2. The fourth-order valence-corrected chi connectivity index (χ4v) is 10.6. The molecule has 8 heterocycles. The minimum Gasteiger partial charge on any atom is -0.368 e. The van der Waals surface area contributed by atoms with E-state index in [2.05, 4.69) is 49.4 Å². The Morgan fingerprint density at radius 1 is 0.803 bits per heavy atom. The summed E-state index contributed by atoms with van der Waals surface area (Å²) in [5, 5.41) is 5.56. The maximum atomic E-state index is 13.4. The molecule has 6 saturated heterocycles. The predicted molar refractivity (Wildman–Crippen MR) is 225 cm³/mol. The van der Waals surface area contributed by atoms with Gasteiger partial charge < -0.3 is 30.7 Å². The highest BCUT2D eigenvalue weighted by Crippen LogP contribution is 2.39. The highest BCUT2D eigenvalue weighted by molar-refractivity contribution is 6.23. The summed E-state index contributed by atoms with van der Waals surface area (Å²) >= 11 is 0. The van der Waals surface area contributed by atoms with Crippen LogP contribution in [-0.4, -0.2) is 142 Å². The van der Waals surface area contributed by atoms with Gasteiger partial charge in [0.1, 0.15) is 11.9 Å². The fraction of sp³-hybridized carbons (Fsp3) is 0.500. The van der Waals surface area contributed by atoms with Crippen molar-refractivity contribution in [2.24, 2.45) is 5.73 Å². The molecule has 318 valence electrons. The standard InChI is InChI=1S/C44H51N11O6/c1-44(14-18-50(19-15-44)31-23-52(24-31)28-10-11-32-33(20-28)42(60)55(41(32)59)34-12-13-36(56)49-40(34)58)26-6-8-27(9-7-26)47-39-37(38(45)57)46-21-35(48-39)51-16-2-4-29(22-51)54-25-30-5-3-17-53(30)43(54)61/h6-11,20-21,29-31,34H,2-5,12-19,22-25H2,1H3,(H2,45,57)(H,47,48)(H,49,56,58). The first-order valence-electron chi connectivity index (χ1n) is 21.7. The number of anilines is 4. The summed E-state index contributed by atoms with van der Waals surface area (Å²) in [6, 6.07) is 13.6. The van der Waals surface area contributed by atoms with Crippen molar-refractivity contribution in [1.82, 2.24) is 34.9 Å². The second-order valence-corrected chi connectivity index (χ2v) is 18.0. The second-order valence-electron chi connectivity index (χ2n) is 18.0. The van der Waals surface area contributed by atoms with Crippen molar-refractivity contribution in [1.29, 1.82) is 0 Å². The van der Waals surface area contributed by atoms with Crippen molar-refractivity contribution in [3.63, 3.8) is 0 Å². The van der Waals surface area contributed by atoms with Gasteiger partial charge in [-0.2, -0.15) is 0 Å². The van der Waals surface area contributed by atoms with Crippen LogP contribution in [0.2, 0.25) is 0 Å². The summed E-state index contributed by atoms with van der Waals surface area (Å²) in [5.74, 6) is -1.72. The van der Waals surface area contributed by atoms with Crippen molar-refractivity contribution >= 4 is 58.6 Å². The van der Waals surface area contributed by atoms with E-state index in [1.807, 2.05) is 28.0 Å². The van der Waals surface area contributed by atoms with E-state index in [-0.39, 0.29) is 41.6 Å². The van der Waals surface area contributed by atoms with Gasteiger partial charge >= 0.3 is 6.03 Å². The fourth-order valence-electron chi connectivity index (χ4n) is 10.6. The number of piperidine rings is 3. The van der Waals surface area contributed by atoms with Crippen LogP contribution in [0.4, 0.5) is 27.8 Å². The van der Waals surface area contributed by atoms with Crippen molar-refractivity contribution in [3.8, 4) is 0 Å². The Hall–Kier alpha value is -6.10. The summed E-state index contributed by atoms with van der Waals surface area (Å²) in [4.78, 5) is 97.5. The van der Waals surface area contributed by atoms with Crippen LogP contribution < -0.4 is 26.2 Å². The Morgan fingerprint density at radius 3 is 2.23 bits per heavy atom. The topological polar surface area (TPSA) is 198 Å². The minimum atomic E-state index is -0.983. The summed E-state index contributed by atoms with van der Waals surface area (Å²) < 4.78 is 0. The third kappa shape index (κ3) is 6.91. The van der Waals surface area contributed by atoms with Gasteiger partial charge in [-0.15, -0.1) is 0 Å². The van der Waals surface area contributed by atoms with Gasteiger partial charge in [0.15, 0.2) is 11.5 Å². The largest absolute Gasteiger partial charge is 0.368 e. The maximum absolute atomic E-state index is 13.4. The van der Waals surface area contributed by atoms with Crippen LogP contribution in [0.3, 0.4) is 0 Å². The number of likely N-dealkylation sites (tertiary alicyclic amines) is 1. The lowest BCUT2D eigenvalue weighted by Gasteiger charge is -2.50. The molecule has 61 heavy (non-hydrogen) atoms. The molecule has 0 aliphatic carbocycles. The van der Waals surface area contributed by atoms with E-state index in [4.69, 9.17) is 10.7 Å². The van der Waals surface area contributed by atoms with Crippen LogP contribution in [0.5, 0.6) is 0 Å². The van der Waals surface area contributed by atoms with E-state index in [0.29, 0.717) is 35.8 Å². The lowest BCUT2D eigenvalue weighted by Crippen LogP contribution is -2.61. The first-order chi connectivity index (χ1) is 29.4. The van der Waals surface area contributed by atoms with Crippen LogP contribution in [0.15, 0.2) is 48.7 Å². The number of amides is 7. The Bertz CT molecular complexity index is 2320. The number of rotatable bonds is 9. The molecule has 0 spiro atoms. The monoisotopic (exact) mass is 829 g/mol. The number of urea groups is 1. The van der Waals surface area contributed by atoms with Gasteiger partial charge in [-0.05, 0) is 99.3 Å². The highest BCUT2D eigenvalue weighted by atomic mass is 16.2. The summed E-state index contributed by atoms with van der Waals surface area (Å²) in [6.45, 7) is 8.89. The zero-order valence-corrected chi connectivity index (χ0v) is 34.3. The van der Waals surface area contributed by atoms with E-state index in [9.17, 15) is 28.8 Å². The molecule has 0 bridgehead atoms. The number of nitrogens with two attached hydrogens (primary N) is 1. The number of hydrogen-bond donors (Lipinski definition) is 3. The first-order valence-corrected chi connectivity index (χ1v) is 21.7. The predicted octanol–water partition coefficient (Wildman–Crippen LogP) is 2.83. The number of hydrogen-bond acceptors (Lipinski definition) is 12. The molecule has 0 saturated carbocycles. The minimum absolute atomic E-state index is 0.0188. The smallest absolute Gasteiger partial charge is 0.320 e. The average Bonchev–Trinajstić information content (AvgIpc) is 3.91. The molecule has 3 unspecified atom stereocenters. The molecule has 4 N–H and O–H groups in total. The Morgan fingerprint density at radius 2 is 1.51 bits per heavy atom. The van der Waals surface area contributed by atoms with E-state index in [1.165, 1.54) is 5.56 Å². The van der Waals surface area contributed by atoms with Crippen molar-refractivity contribution < 1.29 is 28.8 Å². The molecule has 7 aliphatic rings. The summed E-state index contributed by atoms with van der Waals surface area (Å²) in [5.41, 5.74) is 9.27. The molecule has 10 rings (SSSR count). The van der Waals surface area contributed by atoms with E-state index in [1.54, 1.807) is 18.3 Å². The number of aromatic nitrogens is 2. The Kier molecular flexibility index (Phi) is 9.68. The molecule has 7 aliphatic heterocycles. The molecule has 1 aromatic heterocycles. The summed E-state index contributed by atoms with van der Waals surface area (Å²) in [6.07, 6.45) is 7.82. The molecular formula is C44H51N11O6. The quantitative estimate of drug-likeness (QED) is 0.267. The number of nitrogens with zero attached hydrogens (tertiary/aromatic N) is 8. The van der Waals surface area contributed by atoms with Gasteiger partial charge in [-0.3, -0.25) is 39.1 Å². The number of fused-ring (bicyclic) bond motifs is 2. The van der Waals surface area contributed by atoms with E-state index in [0.717, 1.165) is 101 Å². The molecule has 0 radical (unpaired) electrons. The van der Waals surface area contributed by atoms with Crippen LogP contribution in [0, 0.1) is 0 Å². The molecule has 7 amide bonds. The van der Waals surface area contributed by atoms with Crippen LogP contribution in [-0.2, 0) is 15.0 Å². The summed E-state index contributed by atoms with van der Waals surface area (Å²) in [7, 11) is 0. The van der Waals surface area contributed by atoms with Crippen molar-refractivity contribution in [2.45, 2.75) is 87.9 Å². The zero-order valence-electron chi connectivity index (χ0n) is 34.3. The molecule has 6 fully saturated rings. The third-order valence-corrected chi connectivity index (χ3v) is 14.3. The number of nitrogens with one attached hydrogen (secondary N) is 2. The third-order valence-electron chi connectivity index (χ3n) is 14.3. The van der Waals surface area contributed by atoms with Gasteiger partial charge in [0.05, 0.1) is 29.4 Å². The van der Waals surface area contributed by atoms with Crippen molar-refractivity contribution in [2.75, 3.05) is 67.5 Å². The molecule has 17 nitrogen and oxygen atoms in total. The van der Waals surface area contributed by atoms with Gasteiger partial charge in [0, 0.05) is 63.1 Å². The normalized spacial score (nSPS) is 25.5. The molecular weight excluding hydrogens is 779 g/mol. The molecule has 3 atom stereocenters. The zero-order chi connectivity index (χ0) is 42.2. The van der Waals surface area contributed by atoms with E-state index >= 15 is 0 Å². The van der Waals surface area contributed by atoms with Crippen LogP contribution in [0.25, 0.3) is 0 Å². The number of carbonyl (C=O) groups excluding carboxylic acids is 6. The first kappa shape index (κ1) is 39.1. The lowest BCUT2D eigenvalue weighted by molar-refractivity contribution is -0.136. The van der Waals surface area contributed by atoms with Gasteiger partial charge in [0.2, 0.25) is 11.8 Å². The van der Waals surface area contributed by atoms with Crippen LogP contribution in [0.1, 0.15) is 95.1 Å². The lowest BCUT2D eigenvalue weighted by atomic mass is 9.74. The van der Waals surface area contributed by atoms with E-state index < -0.39 is 35.6 Å². The van der Waals surface area contributed by atoms with Gasteiger partial charge in [-0.1, -0.05) is 19.1 Å². The number of primary amides is 1. The SMILES string of the molecule is CC1(c2ccc(Nc3nc(N4CCCC(N5CC6CCCN6C5=O)C4)cnc3C(N)=O)cc2)CCN(C2CN(c3ccc4c(c3)C(=O)N(C3CCC(=O)NC3=O)C4=O)C2)CC1. The highest BCUT2D eigenvalue weighted by Gasteiger charge is 2.46. The van der Waals surface area contributed by atoms with Crippen molar-refractivity contribution in [3.05, 3.63) is 71.0 Å². The van der Waals surface area contributed by atoms with Gasteiger partial charge in [0.25, 0.3) is 17.7 Å².